The zero-order valence-corrected chi connectivity index (χ0v) is 29.1. The number of hydrogen-bond acceptors (Lipinski definition) is 8. The summed E-state index contributed by atoms with van der Waals surface area (Å²) in [6, 6.07) is 18.3. The SMILES string of the molecule is COc1cc(C2C(C(=O)Nc3cccc(C)c3C)=C(C)Nc3nc(SCc4ccccc4Cl)nn32)ccc1OCC(=O)N1CCCCC1. The Bertz CT molecular complexity index is 1870. The third kappa shape index (κ3) is 7.17. The van der Waals surface area contributed by atoms with Crippen LogP contribution in [-0.2, 0) is 15.3 Å². The number of carbonyl (C=O) groups is 2. The Morgan fingerprint density at radius 3 is 2.58 bits per heavy atom. The van der Waals surface area contributed by atoms with Crippen molar-refractivity contribution in [3.8, 4) is 11.5 Å². The molecule has 0 spiro atoms. The van der Waals surface area contributed by atoms with Crippen LogP contribution in [0, 0.1) is 13.8 Å². The maximum absolute atomic E-state index is 14.2. The van der Waals surface area contributed by atoms with Gasteiger partial charge in [0.1, 0.15) is 6.04 Å². The topological polar surface area (TPSA) is 111 Å². The second-order valence-corrected chi connectivity index (χ2v) is 13.3. The number of nitrogens with zero attached hydrogens (tertiary/aromatic N) is 4. The van der Waals surface area contributed by atoms with Crippen LogP contribution in [0.4, 0.5) is 11.6 Å². The van der Waals surface area contributed by atoms with Crippen molar-refractivity contribution in [3.05, 3.63) is 99.2 Å². The number of methoxy groups -OCH3 is 1. The molecular formula is C36H39ClN6O4S. The lowest BCUT2D eigenvalue weighted by Crippen LogP contribution is -2.38. The fourth-order valence-corrected chi connectivity index (χ4v) is 7.09. The number of amides is 2. The average Bonchev–Trinajstić information content (AvgIpc) is 3.50. The summed E-state index contributed by atoms with van der Waals surface area (Å²) in [5.74, 6) is 1.66. The van der Waals surface area contributed by atoms with Crippen LogP contribution >= 0.6 is 23.4 Å². The zero-order chi connectivity index (χ0) is 33.8. The molecule has 1 aromatic heterocycles. The van der Waals surface area contributed by atoms with Crippen LogP contribution in [0.15, 0.2) is 77.1 Å². The summed E-state index contributed by atoms with van der Waals surface area (Å²) in [6.45, 7) is 7.29. The molecule has 0 aliphatic carbocycles. The molecule has 12 heteroatoms. The van der Waals surface area contributed by atoms with Gasteiger partial charge in [-0.1, -0.05) is 59.8 Å². The second-order valence-electron chi connectivity index (χ2n) is 12.0. The quantitative estimate of drug-likeness (QED) is 0.169. The van der Waals surface area contributed by atoms with Gasteiger partial charge in [-0.25, -0.2) is 4.68 Å². The average molecular weight is 687 g/mol. The Morgan fingerprint density at radius 1 is 1.02 bits per heavy atom. The van der Waals surface area contributed by atoms with Crippen LogP contribution in [0.25, 0.3) is 0 Å². The number of carbonyl (C=O) groups excluding carboxylic acids is 2. The van der Waals surface area contributed by atoms with E-state index < -0.39 is 6.04 Å². The molecule has 6 rings (SSSR count). The summed E-state index contributed by atoms with van der Waals surface area (Å²) < 4.78 is 13.5. The lowest BCUT2D eigenvalue weighted by atomic mass is 9.94. The monoisotopic (exact) mass is 686 g/mol. The largest absolute Gasteiger partial charge is 0.493 e. The molecule has 0 bridgehead atoms. The first-order valence-corrected chi connectivity index (χ1v) is 17.4. The van der Waals surface area contributed by atoms with Gasteiger partial charge in [-0.05, 0) is 86.6 Å². The van der Waals surface area contributed by atoms with Crippen molar-refractivity contribution in [2.75, 3.05) is 37.4 Å². The summed E-state index contributed by atoms with van der Waals surface area (Å²) in [6.07, 6.45) is 3.16. The fraction of sp³-hybridized carbons (Fsp3) is 0.333. The van der Waals surface area contributed by atoms with Crippen LogP contribution in [0.5, 0.6) is 11.5 Å². The smallest absolute Gasteiger partial charge is 0.260 e. The maximum Gasteiger partial charge on any atom is 0.260 e. The molecule has 250 valence electrons. The molecule has 2 N–H and O–H groups in total. The van der Waals surface area contributed by atoms with E-state index in [0.717, 1.165) is 60.3 Å². The van der Waals surface area contributed by atoms with Crippen molar-refractivity contribution >= 4 is 46.8 Å². The normalized spacial score (nSPS) is 15.9. The summed E-state index contributed by atoms with van der Waals surface area (Å²) in [7, 11) is 1.56. The van der Waals surface area contributed by atoms with Gasteiger partial charge < -0.3 is 25.0 Å². The van der Waals surface area contributed by atoms with E-state index in [9.17, 15) is 9.59 Å². The number of rotatable bonds is 10. The van der Waals surface area contributed by atoms with Gasteiger partial charge in [0, 0.05) is 35.2 Å². The van der Waals surface area contributed by atoms with Gasteiger partial charge >= 0.3 is 0 Å². The highest BCUT2D eigenvalue weighted by Crippen LogP contribution is 2.40. The highest BCUT2D eigenvalue weighted by Gasteiger charge is 2.35. The molecule has 3 aromatic carbocycles. The zero-order valence-electron chi connectivity index (χ0n) is 27.5. The number of nitrogens with one attached hydrogen (secondary N) is 2. The number of fused-ring (bicyclic) bond motifs is 1. The van der Waals surface area contributed by atoms with Gasteiger partial charge in [-0.15, -0.1) is 5.10 Å². The minimum Gasteiger partial charge on any atom is -0.493 e. The molecule has 4 aromatic rings. The van der Waals surface area contributed by atoms with Gasteiger partial charge in [-0.2, -0.15) is 4.98 Å². The van der Waals surface area contributed by atoms with Crippen LogP contribution in [0.2, 0.25) is 5.02 Å². The molecule has 1 atom stereocenters. The highest BCUT2D eigenvalue weighted by molar-refractivity contribution is 7.98. The molecule has 3 heterocycles. The van der Waals surface area contributed by atoms with Crippen molar-refractivity contribution < 1.29 is 19.1 Å². The van der Waals surface area contributed by atoms with Gasteiger partial charge in [0.2, 0.25) is 11.1 Å². The lowest BCUT2D eigenvalue weighted by molar-refractivity contribution is -0.134. The third-order valence-electron chi connectivity index (χ3n) is 8.81. The molecule has 1 fully saturated rings. The molecular weight excluding hydrogens is 648 g/mol. The van der Waals surface area contributed by atoms with E-state index in [0.29, 0.717) is 44.6 Å². The van der Waals surface area contributed by atoms with E-state index in [1.807, 2.05) is 80.3 Å². The summed E-state index contributed by atoms with van der Waals surface area (Å²) in [5, 5.41) is 12.5. The van der Waals surface area contributed by atoms with Gasteiger partial charge in [0.25, 0.3) is 11.8 Å². The molecule has 1 unspecified atom stereocenters. The fourth-order valence-electron chi connectivity index (χ4n) is 5.98. The van der Waals surface area contributed by atoms with Gasteiger partial charge in [-0.3, -0.25) is 9.59 Å². The minimum absolute atomic E-state index is 0.0442. The molecule has 2 amide bonds. The summed E-state index contributed by atoms with van der Waals surface area (Å²) >= 11 is 7.87. The first-order valence-electron chi connectivity index (χ1n) is 16.0. The predicted octanol–water partition coefficient (Wildman–Crippen LogP) is 7.17. The number of piperidine rings is 1. The Kier molecular flexibility index (Phi) is 10.3. The maximum atomic E-state index is 14.2. The van der Waals surface area contributed by atoms with Crippen molar-refractivity contribution in [2.45, 2.75) is 57.0 Å². The number of thioether (sulfide) groups is 1. The number of ether oxygens (including phenoxy) is 2. The Hall–Kier alpha value is -4.48. The molecule has 2 aliphatic heterocycles. The van der Waals surface area contributed by atoms with Crippen molar-refractivity contribution in [1.82, 2.24) is 19.7 Å². The van der Waals surface area contributed by atoms with Crippen LogP contribution in [0.3, 0.4) is 0 Å². The number of halogens is 1. The van der Waals surface area contributed by atoms with Crippen molar-refractivity contribution in [3.63, 3.8) is 0 Å². The number of anilines is 2. The molecule has 0 saturated carbocycles. The van der Waals surface area contributed by atoms with Gasteiger partial charge in [0.05, 0.1) is 12.7 Å². The number of aryl methyl sites for hydroxylation is 1. The Labute approximate surface area is 289 Å². The van der Waals surface area contributed by atoms with Crippen LogP contribution in [-0.4, -0.2) is 58.3 Å². The number of aromatic nitrogens is 3. The third-order valence-corrected chi connectivity index (χ3v) is 10.1. The molecule has 1 saturated heterocycles. The molecule has 0 radical (unpaired) electrons. The molecule has 2 aliphatic rings. The van der Waals surface area contributed by atoms with E-state index in [4.69, 9.17) is 31.2 Å². The van der Waals surface area contributed by atoms with Gasteiger partial charge in [0.15, 0.2) is 18.1 Å². The first-order chi connectivity index (χ1) is 23.2. The van der Waals surface area contributed by atoms with Crippen molar-refractivity contribution in [2.24, 2.45) is 0 Å². The standard InChI is InChI=1S/C36H39ClN6O4S/c1-22-11-10-14-28(23(22)2)39-34(45)32-24(3)38-35-40-36(48-21-26-12-6-7-13-27(26)37)41-43(35)33(32)25-15-16-29(30(19-25)46-4)47-20-31(44)42-17-8-5-9-18-42/h6-7,10-16,19,33H,5,8-9,17-18,20-21H2,1-4H3,(H,39,45)(H,38,40,41). The number of likely N-dealkylation sites (tertiary alicyclic amines) is 1. The van der Waals surface area contributed by atoms with E-state index in [1.165, 1.54) is 11.8 Å². The highest BCUT2D eigenvalue weighted by atomic mass is 35.5. The molecule has 10 nitrogen and oxygen atoms in total. The molecule has 48 heavy (non-hydrogen) atoms. The number of hydrogen-bond donors (Lipinski definition) is 2. The van der Waals surface area contributed by atoms with Crippen LogP contribution < -0.4 is 20.1 Å². The number of benzene rings is 3. The first kappa shape index (κ1) is 33.4. The Morgan fingerprint density at radius 2 is 1.81 bits per heavy atom. The van der Waals surface area contributed by atoms with E-state index in [-0.39, 0.29) is 18.4 Å². The lowest BCUT2D eigenvalue weighted by Gasteiger charge is -2.29. The predicted molar refractivity (Wildman–Crippen MR) is 189 cm³/mol. The van der Waals surface area contributed by atoms with E-state index in [1.54, 1.807) is 17.9 Å². The Balaban J connectivity index is 1.32. The number of allylic oxidation sites excluding steroid dienone is 1. The minimum atomic E-state index is -0.647. The van der Waals surface area contributed by atoms with E-state index >= 15 is 0 Å². The van der Waals surface area contributed by atoms with Crippen LogP contribution in [0.1, 0.15) is 54.5 Å². The second kappa shape index (κ2) is 14.7. The van der Waals surface area contributed by atoms with E-state index in [2.05, 4.69) is 10.6 Å². The summed E-state index contributed by atoms with van der Waals surface area (Å²) in [5.41, 5.74) is 5.65. The summed E-state index contributed by atoms with van der Waals surface area (Å²) in [4.78, 5) is 33.6. The van der Waals surface area contributed by atoms with Crippen molar-refractivity contribution in [1.29, 1.82) is 0 Å².